The van der Waals surface area contributed by atoms with Crippen LogP contribution in [-0.4, -0.2) is 28.5 Å². The summed E-state index contributed by atoms with van der Waals surface area (Å²) in [6, 6.07) is 3.77. The van der Waals surface area contributed by atoms with Gasteiger partial charge in [0.15, 0.2) is 0 Å². The number of H-pyrrole nitrogens is 1. The van der Waals surface area contributed by atoms with Crippen LogP contribution in [0.5, 0.6) is 0 Å². The van der Waals surface area contributed by atoms with Gasteiger partial charge in [0.2, 0.25) is 0 Å². The van der Waals surface area contributed by atoms with E-state index in [2.05, 4.69) is 10.2 Å². The molecule has 3 heterocycles. The van der Waals surface area contributed by atoms with Crippen LogP contribution in [0.2, 0.25) is 0 Å². The zero-order valence-corrected chi connectivity index (χ0v) is 13.8. The van der Waals surface area contributed by atoms with Crippen LogP contribution in [0.3, 0.4) is 0 Å². The van der Waals surface area contributed by atoms with Crippen molar-refractivity contribution in [2.24, 2.45) is 0 Å². The maximum absolute atomic E-state index is 14.4. The molecule has 0 saturated carbocycles. The second-order valence-electron chi connectivity index (χ2n) is 6.34. The van der Waals surface area contributed by atoms with Crippen LogP contribution >= 0.6 is 11.3 Å². The monoisotopic (exact) mass is 320 g/mol. The zero-order chi connectivity index (χ0) is 16.0. The van der Waals surface area contributed by atoms with Crippen molar-refractivity contribution in [2.75, 3.05) is 0 Å². The number of nitrogens with zero attached hydrogens (tertiary/aromatic N) is 1. The van der Waals surface area contributed by atoms with Gasteiger partial charge < -0.3 is 9.31 Å². The molecule has 1 fully saturated rings. The summed E-state index contributed by atoms with van der Waals surface area (Å²) in [4.78, 5) is 0. The van der Waals surface area contributed by atoms with E-state index in [1.807, 2.05) is 44.5 Å². The third-order valence-corrected chi connectivity index (χ3v) is 4.87. The van der Waals surface area contributed by atoms with Crippen molar-refractivity contribution in [3.05, 3.63) is 34.3 Å². The first kappa shape index (κ1) is 15.5. The molecule has 1 aliphatic heterocycles. The fraction of sp³-hybridized carbons (Fsp3) is 0.400. The molecule has 2 aromatic heterocycles. The van der Waals surface area contributed by atoms with Crippen molar-refractivity contribution in [1.29, 1.82) is 0 Å². The van der Waals surface area contributed by atoms with E-state index in [1.165, 1.54) is 6.08 Å². The molecule has 0 atom stereocenters. The summed E-state index contributed by atoms with van der Waals surface area (Å²) in [7, 11) is -0.988. The first-order valence-corrected chi connectivity index (χ1v) is 8.03. The molecule has 1 saturated heterocycles. The van der Waals surface area contributed by atoms with Crippen LogP contribution in [0.1, 0.15) is 33.4 Å². The molecule has 1 aliphatic rings. The van der Waals surface area contributed by atoms with Crippen LogP contribution < -0.4 is 0 Å². The highest BCUT2D eigenvalue weighted by molar-refractivity contribution is 7.08. The van der Waals surface area contributed by atoms with Gasteiger partial charge in [-0.05, 0) is 51.3 Å². The van der Waals surface area contributed by atoms with Crippen molar-refractivity contribution >= 4 is 24.5 Å². The van der Waals surface area contributed by atoms with Crippen LogP contribution in [-0.2, 0) is 9.31 Å². The first-order chi connectivity index (χ1) is 10.3. The number of hydrogen-bond donors (Lipinski definition) is 1. The smallest absolute Gasteiger partial charge is 0.398 e. The summed E-state index contributed by atoms with van der Waals surface area (Å²) >= 11 is 1.59. The Labute approximate surface area is 133 Å². The first-order valence-electron chi connectivity index (χ1n) is 7.09. The van der Waals surface area contributed by atoms with E-state index in [9.17, 15) is 4.39 Å². The molecule has 0 aliphatic carbocycles. The molecule has 4 nitrogen and oxygen atoms in total. The topological polar surface area (TPSA) is 47.1 Å². The molecule has 7 heteroatoms. The lowest BCUT2D eigenvalue weighted by atomic mass is 9.87. The van der Waals surface area contributed by atoms with Gasteiger partial charge in [0.05, 0.1) is 22.6 Å². The molecular weight excluding hydrogens is 302 g/mol. The van der Waals surface area contributed by atoms with Gasteiger partial charge in [-0.1, -0.05) is 0 Å². The minimum Gasteiger partial charge on any atom is -0.398 e. The molecule has 22 heavy (non-hydrogen) atoms. The maximum atomic E-state index is 14.4. The molecule has 0 unspecified atom stereocenters. The maximum Gasteiger partial charge on any atom is 0.525 e. The number of rotatable bonds is 3. The van der Waals surface area contributed by atoms with Crippen molar-refractivity contribution in [3.63, 3.8) is 0 Å². The summed E-state index contributed by atoms with van der Waals surface area (Å²) in [5.74, 6) is 0. The van der Waals surface area contributed by atoms with E-state index in [4.69, 9.17) is 9.31 Å². The molecular formula is C15H18BFN2O2S. The van der Waals surface area contributed by atoms with Gasteiger partial charge in [0, 0.05) is 10.9 Å². The van der Waals surface area contributed by atoms with Crippen LogP contribution in [0.25, 0.3) is 17.3 Å². The van der Waals surface area contributed by atoms with Crippen molar-refractivity contribution in [3.8, 4) is 11.3 Å². The fourth-order valence-corrected chi connectivity index (χ4v) is 2.79. The Bertz CT molecular complexity index is 678. The van der Waals surface area contributed by atoms with E-state index in [0.29, 0.717) is 5.69 Å². The van der Waals surface area contributed by atoms with Gasteiger partial charge in [-0.25, -0.2) is 4.39 Å². The normalized spacial score (nSPS) is 20.6. The Kier molecular flexibility index (Phi) is 3.75. The zero-order valence-electron chi connectivity index (χ0n) is 13.0. The predicted octanol–water partition coefficient (Wildman–Crippen LogP) is 4.08. The number of thiophene rings is 1. The second kappa shape index (κ2) is 5.33. The average Bonchev–Trinajstić information content (AvgIpc) is 3.09. The number of halogens is 1. The highest BCUT2D eigenvalue weighted by Crippen LogP contribution is 2.39. The Balaban J connectivity index is 1.79. The molecule has 2 aromatic rings. The molecule has 0 bridgehead atoms. The minimum atomic E-state index is -0.988. The van der Waals surface area contributed by atoms with Gasteiger partial charge >= 0.3 is 7.12 Å². The Hall–Kier alpha value is -1.44. The second-order valence-corrected chi connectivity index (χ2v) is 7.12. The predicted molar refractivity (Wildman–Crippen MR) is 87.1 cm³/mol. The quantitative estimate of drug-likeness (QED) is 0.867. The van der Waals surface area contributed by atoms with Gasteiger partial charge in [-0.15, -0.1) is 0 Å². The molecule has 3 rings (SSSR count). The number of nitrogens with one attached hydrogen (secondary N) is 1. The van der Waals surface area contributed by atoms with Gasteiger partial charge in [0.25, 0.3) is 0 Å². The van der Waals surface area contributed by atoms with E-state index in [1.54, 1.807) is 17.4 Å². The lowest BCUT2D eigenvalue weighted by Crippen LogP contribution is -2.41. The lowest BCUT2D eigenvalue weighted by molar-refractivity contribution is 0.00578. The average molecular weight is 320 g/mol. The Morgan fingerprint density at radius 3 is 2.59 bits per heavy atom. The summed E-state index contributed by atoms with van der Waals surface area (Å²) in [6.07, 6.45) is 1.37. The van der Waals surface area contributed by atoms with Gasteiger partial charge in [-0.2, -0.15) is 16.4 Å². The van der Waals surface area contributed by atoms with Gasteiger partial charge in [0.1, 0.15) is 5.73 Å². The lowest BCUT2D eigenvalue weighted by Gasteiger charge is -2.32. The summed E-state index contributed by atoms with van der Waals surface area (Å²) < 4.78 is 25.8. The van der Waals surface area contributed by atoms with E-state index in [0.717, 1.165) is 11.3 Å². The molecule has 0 spiro atoms. The number of hydrogen-bond acceptors (Lipinski definition) is 4. The standard InChI is InChI=1S/C15H18BFN2O2S/c1-14(2)15(3,4)21-16(20-14)13(17)8-11-7-12(19-18-11)10-5-6-22-9-10/h5-9H,1-4H3,(H,18,19). The van der Waals surface area contributed by atoms with E-state index in [-0.39, 0.29) is 0 Å². The third-order valence-electron chi connectivity index (χ3n) is 4.19. The Morgan fingerprint density at radius 1 is 1.32 bits per heavy atom. The molecule has 0 aromatic carbocycles. The van der Waals surface area contributed by atoms with Crippen molar-refractivity contribution in [2.45, 2.75) is 38.9 Å². The summed E-state index contributed by atoms with van der Waals surface area (Å²) in [5.41, 5.74) is 0.788. The summed E-state index contributed by atoms with van der Waals surface area (Å²) in [5, 5.41) is 11.0. The van der Waals surface area contributed by atoms with E-state index >= 15 is 0 Å². The third kappa shape index (κ3) is 2.76. The van der Waals surface area contributed by atoms with Crippen molar-refractivity contribution < 1.29 is 13.7 Å². The molecule has 1 N–H and O–H groups in total. The van der Waals surface area contributed by atoms with E-state index < -0.39 is 24.0 Å². The van der Waals surface area contributed by atoms with Gasteiger partial charge in [-0.3, -0.25) is 5.10 Å². The van der Waals surface area contributed by atoms with Crippen molar-refractivity contribution in [1.82, 2.24) is 10.2 Å². The van der Waals surface area contributed by atoms with Crippen LogP contribution in [0.4, 0.5) is 4.39 Å². The molecule has 116 valence electrons. The van der Waals surface area contributed by atoms with Crippen LogP contribution in [0, 0.1) is 0 Å². The molecule has 0 radical (unpaired) electrons. The minimum absolute atomic E-state index is 0.473. The Morgan fingerprint density at radius 2 is 2.00 bits per heavy atom. The van der Waals surface area contributed by atoms with Crippen LogP contribution in [0.15, 0.2) is 28.6 Å². The SMILES string of the molecule is CC1(C)OB(C(F)=Cc2cc(-c3ccsc3)n[nH]2)OC1(C)C. The largest absolute Gasteiger partial charge is 0.525 e. The number of aromatic amines is 1. The fourth-order valence-electron chi connectivity index (χ4n) is 2.14. The number of aromatic nitrogens is 2. The molecule has 0 amide bonds. The summed E-state index contributed by atoms with van der Waals surface area (Å²) in [6.45, 7) is 7.58. The highest BCUT2D eigenvalue weighted by atomic mass is 32.1. The highest BCUT2D eigenvalue weighted by Gasteiger charge is 2.53.